The van der Waals surface area contributed by atoms with Crippen LogP contribution < -0.4 is 0 Å². The molecule has 0 aliphatic carbocycles. The van der Waals surface area contributed by atoms with Gasteiger partial charge in [-0.3, -0.25) is 4.90 Å². The number of aromatic nitrogens is 3. The third-order valence-electron chi connectivity index (χ3n) is 3.06. The van der Waals surface area contributed by atoms with E-state index in [4.69, 9.17) is 0 Å². The molecule has 2 aromatic heterocycles. The van der Waals surface area contributed by atoms with Gasteiger partial charge in [0.05, 0.1) is 5.69 Å². The fourth-order valence-corrected chi connectivity index (χ4v) is 1.93. The Morgan fingerprint density at radius 2 is 1.94 bits per heavy atom. The van der Waals surface area contributed by atoms with Crippen molar-refractivity contribution in [3.8, 4) is 0 Å². The predicted octanol–water partition coefficient (Wildman–Crippen LogP) is 1.03. The number of hydrogen-bond donors (Lipinski definition) is 0. The Labute approximate surface area is 108 Å². The highest BCUT2D eigenvalue weighted by atomic mass is 15.3. The molecule has 5 heteroatoms. The van der Waals surface area contributed by atoms with Crippen LogP contribution in [0.4, 0.5) is 0 Å². The van der Waals surface area contributed by atoms with E-state index in [0.29, 0.717) is 0 Å². The molecule has 2 rings (SSSR count). The van der Waals surface area contributed by atoms with E-state index in [1.807, 2.05) is 4.52 Å². The third-order valence-corrected chi connectivity index (χ3v) is 3.06. The van der Waals surface area contributed by atoms with Gasteiger partial charge in [0.2, 0.25) is 0 Å². The zero-order valence-electron chi connectivity index (χ0n) is 11.6. The summed E-state index contributed by atoms with van der Waals surface area (Å²) in [5.74, 6) is 0. The fourth-order valence-electron chi connectivity index (χ4n) is 1.93. The number of aryl methyl sites for hydroxylation is 1. The van der Waals surface area contributed by atoms with Crippen LogP contribution in [0, 0.1) is 6.92 Å². The number of rotatable bonds is 5. The lowest BCUT2D eigenvalue weighted by Crippen LogP contribution is -2.29. The van der Waals surface area contributed by atoms with Gasteiger partial charge in [0, 0.05) is 19.6 Å². The predicted molar refractivity (Wildman–Crippen MR) is 72.6 cm³/mol. The molecule has 0 fully saturated rings. The molecule has 18 heavy (non-hydrogen) atoms. The molecule has 0 radical (unpaired) electrons. The van der Waals surface area contributed by atoms with E-state index < -0.39 is 0 Å². The molecule has 0 unspecified atom stereocenters. The summed E-state index contributed by atoms with van der Waals surface area (Å²) in [6, 6.07) is 4.24. The second-order valence-electron chi connectivity index (χ2n) is 5.04. The first kappa shape index (κ1) is 13.0. The van der Waals surface area contributed by atoms with E-state index in [9.17, 15) is 0 Å². The summed E-state index contributed by atoms with van der Waals surface area (Å²) in [5.41, 5.74) is 3.29. The van der Waals surface area contributed by atoms with Crippen LogP contribution in [0.15, 0.2) is 18.5 Å². The van der Waals surface area contributed by atoms with Crippen molar-refractivity contribution in [2.45, 2.75) is 13.5 Å². The highest BCUT2D eigenvalue weighted by Gasteiger charge is 2.07. The Morgan fingerprint density at radius 3 is 2.67 bits per heavy atom. The van der Waals surface area contributed by atoms with Crippen molar-refractivity contribution in [2.24, 2.45) is 0 Å². The molecule has 0 aliphatic heterocycles. The number of fused-ring (bicyclic) bond motifs is 1. The van der Waals surface area contributed by atoms with Crippen molar-refractivity contribution in [1.82, 2.24) is 24.4 Å². The SMILES string of the molecule is Cc1ccc(CN(C)CCN(C)C)n2ncnc12. The highest BCUT2D eigenvalue weighted by Crippen LogP contribution is 2.10. The Balaban J connectivity index is 2.12. The summed E-state index contributed by atoms with van der Waals surface area (Å²) in [4.78, 5) is 8.77. The standard InChI is InChI=1S/C13H21N5/c1-11-5-6-12(18-13(11)14-10-15-18)9-17(4)8-7-16(2)3/h5-6,10H,7-9H2,1-4H3. The highest BCUT2D eigenvalue weighted by molar-refractivity contribution is 5.46. The van der Waals surface area contributed by atoms with Crippen LogP contribution in [0.25, 0.3) is 5.65 Å². The van der Waals surface area contributed by atoms with Crippen LogP contribution in [0.5, 0.6) is 0 Å². The number of likely N-dealkylation sites (N-methyl/N-ethyl adjacent to an activating group) is 2. The zero-order valence-corrected chi connectivity index (χ0v) is 11.6. The fraction of sp³-hybridized carbons (Fsp3) is 0.538. The van der Waals surface area contributed by atoms with E-state index >= 15 is 0 Å². The minimum absolute atomic E-state index is 0.883. The van der Waals surface area contributed by atoms with Gasteiger partial charge in [0.1, 0.15) is 6.33 Å². The summed E-state index contributed by atoms with van der Waals surface area (Å²) in [6.07, 6.45) is 1.62. The van der Waals surface area contributed by atoms with Crippen molar-refractivity contribution in [3.63, 3.8) is 0 Å². The van der Waals surface area contributed by atoms with Crippen LogP contribution in [0.1, 0.15) is 11.3 Å². The van der Waals surface area contributed by atoms with Gasteiger partial charge in [-0.2, -0.15) is 5.10 Å². The first-order valence-corrected chi connectivity index (χ1v) is 6.19. The first-order chi connectivity index (χ1) is 8.58. The summed E-state index contributed by atoms with van der Waals surface area (Å²) in [7, 11) is 6.32. The van der Waals surface area contributed by atoms with Crippen molar-refractivity contribution in [1.29, 1.82) is 0 Å². The maximum absolute atomic E-state index is 4.30. The van der Waals surface area contributed by atoms with Crippen LogP contribution in [0.3, 0.4) is 0 Å². The van der Waals surface area contributed by atoms with Crippen molar-refractivity contribution in [2.75, 3.05) is 34.2 Å². The maximum Gasteiger partial charge on any atom is 0.158 e. The molecule has 5 nitrogen and oxygen atoms in total. The topological polar surface area (TPSA) is 36.7 Å². The minimum Gasteiger partial charge on any atom is -0.308 e. The molecule has 2 aromatic rings. The lowest BCUT2D eigenvalue weighted by Gasteiger charge is -2.19. The van der Waals surface area contributed by atoms with E-state index in [0.717, 1.165) is 30.8 Å². The molecule has 0 bridgehead atoms. The average molecular weight is 247 g/mol. The maximum atomic E-state index is 4.30. The molecule has 0 saturated heterocycles. The lowest BCUT2D eigenvalue weighted by atomic mass is 10.2. The lowest BCUT2D eigenvalue weighted by molar-refractivity contribution is 0.272. The quantitative estimate of drug-likeness (QED) is 0.791. The minimum atomic E-state index is 0.883. The summed E-state index contributed by atoms with van der Waals surface area (Å²) < 4.78 is 1.93. The van der Waals surface area contributed by atoms with Crippen LogP contribution >= 0.6 is 0 Å². The second kappa shape index (κ2) is 5.46. The Hall–Kier alpha value is -1.46. The van der Waals surface area contributed by atoms with Gasteiger partial charge < -0.3 is 4.90 Å². The molecular weight excluding hydrogens is 226 g/mol. The van der Waals surface area contributed by atoms with Gasteiger partial charge >= 0.3 is 0 Å². The first-order valence-electron chi connectivity index (χ1n) is 6.19. The van der Waals surface area contributed by atoms with Gasteiger partial charge in [-0.15, -0.1) is 0 Å². The molecule has 2 heterocycles. The van der Waals surface area contributed by atoms with E-state index in [-0.39, 0.29) is 0 Å². The summed E-state index contributed by atoms with van der Waals surface area (Å²) in [5, 5.41) is 4.30. The normalized spacial score (nSPS) is 11.9. The third kappa shape index (κ3) is 2.86. The van der Waals surface area contributed by atoms with Crippen molar-refractivity contribution < 1.29 is 0 Å². The second-order valence-corrected chi connectivity index (χ2v) is 5.04. The molecule has 0 spiro atoms. The molecule has 0 N–H and O–H groups in total. The Morgan fingerprint density at radius 1 is 1.17 bits per heavy atom. The number of nitrogens with zero attached hydrogens (tertiary/aromatic N) is 5. The van der Waals surface area contributed by atoms with E-state index in [1.165, 1.54) is 5.69 Å². The molecule has 0 atom stereocenters. The van der Waals surface area contributed by atoms with Crippen molar-refractivity contribution >= 4 is 5.65 Å². The van der Waals surface area contributed by atoms with Crippen LogP contribution in [-0.2, 0) is 6.54 Å². The van der Waals surface area contributed by atoms with E-state index in [1.54, 1.807) is 6.33 Å². The molecule has 0 aliphatic rings. The summed E-state index contributed by atoms with van der Waals surface area (Å²) >= 11 is 0. The molecule has 0 amide bonds. The summed E-state index contributed by atoms with van der Waals surface area (Å²) in [6.45, 7) is 5.04. The Kier molecular flexibility index (Phi) is 3.93. The molecule has 0 aromatic carbocycles. The van der Waals surface area contributed by atoms with Gasteiger partial charge in [0.25, 0.3) is 0 Å². The van der Waals surface area contributed by atoms with Gasteiger partial charge in [-0.25, -0.2) is 9.50 Å². The van der Waals surface area contributed by atoms with Crippen LogP contribution in [0.2, 0.25) is 0 Å². The van der Waals surface area contributed by atoms with Crippen LogP contribution in [-0.4, -0.2) is 58.6 Å². The molecular formula is C13H21N5. The molecule has 98 valence electrons. The average Bonchev–Trinajstić information content (AvgIpc) is 2.80. The smallest absolute Gasteiger partial charge is 0.158 e. The van der Waals surface area contributed by atoms with Gasteiger partial charge in [-0.05, 0) is 39.7 Å². The van der Waals surface area contributed by atoms with Gasteiger partial charge in [0.15, 0.2) is 5.65 Å². The number of hydrogen-bond acceptors (Lipinski definition) is 4. The monoisotopic (exact) mass is 247 g/mol. The Bertz CT molecular complexity index is 517. The van der Waals surface area contributed by atoms with Gasteiger partial charge in [-0.1, -0.05) is 6.07 Å². The molecule has 0 saturated carbocycles. The zero-order chi connectivity index (χ0) is 13.1. The largest absolute Gasteiger partial charge is 0.308 e. The van der Waals surface area contributed by atoms with Crippen molar-refractivity contribution in [3.05, 3.63) is 29.7 Å². The van der Waals surface area contributed by atoms with E-state index in [2.05, 4.69) is 60.1 Å². The number of pyridine rings is 1.